The summed E-state index contributed by atoms with van der Waals surface area (Å²) >= 11 is 5.20. The van der Waals surface area contributed by atoms with E-state index in [9.17, 15) is 4.39 Å². The highest BCUT2D eigenvalue weighted by Crippen LogP contribution is 2.29. The van der Waals surface area contributed by atoms with Gasteiger partial charge in [0, 0.05) is 11.1 Å². The molecule has 0 aliphatic heterocycles. The molecule has 0 fully saturated rings. The number of aryl methyl sites for hydroxylation is 1. The molecule has 0 bridgehead atoms. The number of hydrogen-bond donors (Lipinski definition) is 1. The lowest BCUT2D eigenvalue weighted by molar-refractivity contribution is 0.578. The van der Waals surface area contributed by atoms with Gasteiger partial charge in [-0.15, -0.1) is 0 Å². The smallest absolute Gasteiger partial charge is 0.130 e. The summed E-state index contributed by atoms with van der Waals surface area (Å²) in [7, 11) is 0. The van der Waals surface area contributed by atoms with Crippen LogP contribution in [0.2, 0.25) is 0 Å². The second-order valence-corrected chi connectivity index (χ2v) is 5.50. The standard InChI is InChI=1S/C15H17FN2S/c1-4-12-9-13(19)18-14(17-12)15(2,3)10-5-7-11(16)8-6-10/h5-9H,4H2,1-3H3,(H,17,18,19). The molecule has 0 radical (unpaired) electrons. The lowest BCUT2D eigenvalue weighted by atomic mass is 9.83. The van der Waals surface area contributed by atoms with Gasteiger partial charge in [-0.25, -0.2) is 9.37 Å². The molecular weight excluding hydrogens is 259 g/mol. The molecule has 100 valence electrons. The Bertz CT molecular complexity index is 629. The SMILES string of the molecule is CCc1cc(=S)nc(C(C)(C)c2ccc(F)cc2)[nH]1. The molecule has 0 saturated carbocycles. The maximum Gasteiger partial charge on any atom is 0.130 e. The Hall–Kier alpha value is -1.55. The van der Waals surface area contributed by atoms with Crippen molar-refractivity contribution >= 4 is 12.2 Å². The van der Waals surface area contributed by atoms with Gasteiger partial charge in [-0.3, -0.25) is 0 Å². The average Bonchev–Trinajstić information content (AvgIpc) is 2.38. The van der Waals surface area contributed by atoms with Crippen LogP contribution in [0.25, 0.3) is 0 Å². The fourth-order valence-corrected chi connectivity index (χ4v) is 2.23. The molecule has 2 nitrogen and oxygen atoms in total. The fraction of sp³-hybridized carbons (Fsp3) is 0.333. The highest BCUT2D eigenvalue weighted by atomic mass is 32.1. The van der Waals surface area contributed by atoms with Crippen molar-refractivity contribution in [2.24, 2.45) is 0 Å². The third-order valence-corrected chi connectivity index (χ3v) is 3.55. The molecule has 4 heteroatoms. The van der Waals surface area contributed by atoms with E-state index in [1.807, 2.05) is 19.9 Å². The van der Waals surface area contributed by atoms with Crippen molar-refractivity contribution in [3.63, 3.8) is 0 Å². The van der Waals surface area contributed by atoms with Crippen LogP contribution in [0.4, 0.5) is 4.39 Å². The van der Waals surface area contributed by atoms with Gasteiger partial charge in [-0.05, 0) is 44.0 Å². The van der Waals surface area contributed by atoms with Crippen molar-refractivity contribution in [2.45, 2.75) is 32.6 Å². The molecule has 0 unspecified atom stereocenters. The van der Waals surface area contributed by atoms with E-state index >= 15 is 0 Å². The van der Waals surface area contributed by atoms with E-state index in [2.05, 4.69) is 16.9 Å². The molecule has 2 aromatic rings. The number of nitrogens with one attached hydrogen (secondary N) is 1. The van der Waals surface area contributed by atoms with E-state index in [1.165, 1.54) is 12.1 Å². The number of aromatic amines is 1. The first kappa shape index (κ1) is 13.9. The number of halogens is 1. The van der Waals surface area contributed by atoms with E-state index in [4.69, 9.17) is 12.2 Å². The van der Waals surface area contributed by atoms with E-state index in [-0.39, 0.29) is 11.2 Å². The van der Waals surface area contributed by atoms with E-state index in [0.29, 0.717) is 4.64 Å². The van der Waals surface area contributed by atoms with Crippen LogP contribution < -0.4 is 0 Å². The molecule has 0 aliphatic rings. The number of aromatic nitrogens is 2. The van der Waals surface area contributed by atoms with Gasteiger partial charge in [0.1, 0.15) is 16.3 Å². The highest BCUT2D eigenvalue weighted by Gasteiger charge is 2.25. The first-order chi connectivity index (χ1) is 8.93. The normalized spacial score (nSPS) is 11.6. The Morgan fingerprint density at radius 2 is 1.89 bits per heavy atom. The molecule has 1 N–H and O–H groups in total. The molecule has 0 amide bonds. The van der Waals surface area contributed by atoms with Gasteiger partial charge in [0.2, 0.25) is 0 Å². The number of nitrogens with zero attached hydrogens (tertiary/aromatic N) is 1. The second-order valence-electron chi connectivity index (χ2n) is 5.08. The van der Waals surface area contributed by atoms with Crippen LogP contribution in [0.3, 0.4) is 0 Å². The number of benzene rings is 1. The van der Waals surface area contributed by atoms with Crippen molar-refractivity contribution in [1.29, 1.82) is 0 Å². The second kappa shape index (κ2) is 5.21. The van der Waals surface area contributed by atoms with Crippen LogP contribution in [-0.4, -0.2) is 9.97 Å². The molecular formula is C15H17FN2S. The summed E-state index contributed by atoms with van der Waals surface area (Å²) in [5, 5.41) is 0. The van der Waals surface area contributed by atoms with Gasteiger partial charge < -0.3 is 4.98 Å². The van der Waals surface area contributed by atoms with Crippen LogP contribution in [0.1, 0.15) is 37.9 Å². The average molecular weight is 276 g/mol. The molecule has 0 atom stereocenters. The molecule has 19 heavy (non-hydrogen) atoms. The minimum Gasteiger partial charge on any atom is -0.346 e. The summed E-state index contributed by atoms with van der Waals surface area (Å²) in [5.41, 5.74) is 1.72. The summed E-state index contributed by atoms with van der Waals surface area (Å²) in [5.74, 6) is 0.575. The van der Waals surface area contributed by atoms with Gasteiger partial charge in [-0.1, -0.05) is 31.3 Å². The molecule has 0 saturated heterocycles. The van der Waals surface area contributed by atoms with Gasteiger partial charge in [0.05, 0.1) is 0 Å². The van der Waals surface area contributed by atoms with Crippen molar-refractivity contribution in [3.8, 4) is 0 Å². The number of rotatable bonds is 3. The predicted molar refractivity (Wildman–Crippen MR) is 77.3 cm³/mol. The van der Waals surface area contributed by atoms with Crippen molar-refractivity contribution in [2.75, 3.05) is 0 Å². The lowest BCUT2D eigenvalue weighted by Crippen LogP contribution is -2.23. The zero-order valence-electron chi connectivity index (χ0n) is 11.3. The Morgan fingerprint density at radius 1 is 1.26 bits per heavy atom. The molecule has 1 aromatic heterocycles. The molecule has 0 aliphatic carbocycles. The maximum absolute atomic E-state index is 13.0. The zero-order valence-corrected chi connectivity index (χ0v) is 12.1. The minimum absolute atomic E-state index is 0.234. The van der Waals surface area contributed by atoms with Crippen molar-refractivity contribution in [1.82, 2.24) is 9.97 Å². The monoisotopic (exact) mass is 276 g/mol. The number of H-pyrrole nitrogens is 1. The Kier molecular flexibility index (Phi) is 3.80. The number of hydrogen-bond acceptors (Lipinski definition) is 2. The maximum atomic E-state index is 13.0. The highest BCUT2D eigenvalue weighted by molar-refractivity contribution is 7.71. The van der Waals surface area contributed by atoms with Gasteiger partial charge in [-0.2, -0.15) is 0 Å². The van der Waals surface area contributed by atoms with Gasteiger partial charge in [0.15, 0.2) is 0 Å². The first-order valence-electron chi connectivity index (χ1n) is 6.30. The quantitative estimate of drug-likeness (QED) is 0.852. The summed E-state index contributed by atoms with van der Waals surface area (Å²) in [6.45, 7) is 6.16. The largest absolute Gasteiger partial charge is 0.346 e. The third kappa shape index (κ3) is 2.89. The first-order valence-corrected chi connectivity index (χ1v) is 6.71. The van der Waals surface area contributed by atoms with Crippen molar-refractivity contribution < 1.29 is 4.39 Å². The Balaban J connectivity index is 2.52. The minimum atomic E-state index is -0.341. The van der Waals surface area contributed by atoms with E-state index in [0.717, 1.165) is 23.5 Å². The van der Waals surface area contributed by atoms with Crippen LogP contribution in [0.5, 0.6) is 0 Å². The molecule has 2 rings (SSSR count). The Morgan fingerprint density at radius 3 is 2.47 bits per heavy atom. The predicted octanol–water partition coefficient (Wildman–Crippen LogP) is 4.17. The van der Waals surface area contributed by atoms with Crippen LogP contribution in [-0.2, 0) is 11.8 Å². The summed E-state index contributed by atoms with van der Waals surface area (Å²) in [4.78, 5) is 7.73. The lowest BCUT2D eigenvalue weighted by Gasteiger charge is -2.25. The van der Waals surface area contributed by atoms with E-state index in [1.54, 1.807) is 12.1 Å². The van der Waals surface area contributed by atoms with Crippen molar-refractivity contribution in [3.05, 3.63) is 57.9 Å². The van der Waals surface area contributed by atoms with Crippen LogP contribution in [0, 0.1) is 10.5 Å². The third-order valence-electron chi connectivity index (χ3n) is 3.34. The Labute approximate surface area is 117 Å². The molecule has 1 heterocycles. The summed E-state index contributed by atoms with van der Waals surface area (Å²) in [6, 6.07) is 8.38. The van der Waals surface area contributed by atoms with Crippen LogP contribution in [0.15, 0.2) is 30.3 Å². The van der Waals surface area contributed by atoms with Crippen LogP contribution >= 0.6 is 12.2 Å². The topological polar surface area (TPSA) is 28.7 Å². The van der Waals surface area contributed by atoms with E-state index < -0.39 is 0 Å². The van der Waals surface area contributed by atoms with Gasteiger partial charge >= 0.3 is 0 Å². The fourth-order valence-electron chi connectivity index (χ4n) is 2.00. The van der Waals surface area contributed by atoms with Gasteiger partial charge in [0.25, 0.3) is 0 Å². The summed E-state index contributed by atoms with van der Waals surface area (Å²) < 4.78 is 13.6. The summed E-state index contributed by atoms with van der Waals surface area (Å²) in [6.07, 6.45) is 0.874. The molecule has 0 spiro atoms. The molecule has 1 aromatic carbocycles. The zero-order chi connectivity index (χ0) is 14.0.